The second-order valence-corrected chi connectivity index (χ2v) is 2.25. The Kier molecular flexibility index (Phi) is 3.35. The zero-order chi connectivity index (χ0) is 9.07. The molecule has 1 N–H and O–H groups in total. The number of rotatable bonds is 2. The summed E-state index contributed by atoms with van der Waals surface area (Å²) in [5, 5.41) is 1.88. The second-order valence-electron chi connectivity index (χ2n) is 2.25. The van der Waals surface area contributed by atoms with Crippen molar-refractivity contribution in [3.63, 3.8) is 0 Å². The highest BCUT2D eigenvalue weighted by Crippen LogP contribution is 2.27. The molecule has 0 heterocycles. The summed E-state index contributed by atoms with van der Waals surface area (Å²) in [6, 6.07) is 0. The molecule has 5 heteroatoms. The standard InChI is InChI=1S/C6H9F3NO/c1-4(6(7,8)9)3-5(11)10-2/h4H,2-3H2,1H3,(H,10,11)/t4-/m1/s1. The van der Waals surface area contributed by atoms with Gasteiger partial charge in [-0.2, -0.15) is 13.2 Å². The third-order valence-corrected chi connectivity index (χ3v) is 1.25. The van der Waals surface area contributed by atoms with E-state index in [1.165, 1.54) is 0 Å². The monoisotopic (exact) mass is 168 g/mol. The van der Waals surface area contributed by atoms with Gasteiger partial charge in [-0.25, -0.2) is 0 Å². The third-order valence-electron chi connectivity index (χ3n) is 1.25. The van der Waals surface area contributed by atoms with Crippen molar-refractivity contribution in [1.29, 1.82) is 0 Å². The van der Waals surface area contributed by atoms with Gasteiger partial charge in [0.15, 0.2) is 0 Å². The highest BCUT2D eigenvalue weighted by Gasteiger charge is 2.36. The van der Waals surface area contributed by atoms with Crippen LogP contribution >= 0.6 is 0 Å². The van der Waals surface area contributed by atoms with E-state index in [1.807, 2.05) is 5.32 Å². The van der Waals surface area contributed by atoms with Gasteiger partial charge in [-0.1, -0.05) is 6.92 Å². The maximum atomic E-state index is 11.7. The molecule has 0 rings (SSSR count). The number of carbonyl (C=O) groups is 1. The van der Waals surface area contributed by atoms with Crippen LogP contribution in [0.4, 0.5) is 13.2 Å². The molecule has 0 spiro atoms. The molecule has 0 aromatic carbocycles. The Morgan fingerprint density at radius 3 is 2.36 bits per heavy atom. The van der Waals surface area contributed by atoms with Crippen molar-refractivity contribution in [2.45, 2.75) is 19.5 Å². The van der Waals surface area contributed by atoms with E-state index in [4.69, 9.17) is 0 Å². The lowest BCUT2D eigenvalue weighted by molar-refractivity contribution is -0.174. The van der Waals surface area contributed by atoms with E-state index >= 15 is 0 Å². The summed E-state index contributed by atoms with van der Waals surface area (Å²) in [4.78, 5) is 10.4. The maximum absolute atomic E-state index is 11.7. The highest BCUT2D eigenvalue weighted by atomic mass is 19.4. The number of halogens is 3. The molecule has 65 valence electrons. The Hall–Kier alpha value is -0.740. The molecule has 11 heavy (non-hydrogen) atoms. The van der Waals surface area contributed by atoms with Crippen LogP contribution in [0, 0.1) is 13.0 Å². The molecule has 0 saturated carbocycles. The summed E-state index contributed by atoms with van der Waals surface area (Å²) < 4.78 is 35.2. The molecular weight excluding hydrogens is 159 g/mol. The van der Waals surface area contributed by atoms with Crippen LogP contribution in [-0.2, 0) is 4.79 Å². The summed E-state index contributed by atoms with van der Waals surface area (Å²) in [5.41, 5.74) is 0. The minimum absolute atomic E-state index is 0.562. The normalized spacial score (nSPS) is 14.3. The number of hydrogen-bond donors (Lipinski definition) is 1. The predicted octanol–water partition coefficient (Wildman–Crippen LogP) is 1.48. The average molecular weight is 168 g/mol. The van der Waals surface area contributed by atoms with E-state index in [1.54, 1.807) is 0 Å². The molecule has 0 fully saturated rings. The van der Waals surface area contributed by atoms with Crippen LogP contribution in [-0.4, -0.2) is 12.1 Å². The van der Waals surface area contributed by atoms with Crippen molar-refractivity contribution in [3.05, 3.63) is 7.05 Å². The van der Waals surface area contributed by atoms with E-state index in [0.717, 1.165) is 6.92 Å². The van der Waals surface area contributed by atoms with Crippen molar-refractivity contribution >= 4 is 5.91 Å². The Morgan fingerprint density at radius 1 is 1.64 bits per heavy atom. The number of alkyl halides is 3. The van der Waals surface area contributed by atoms with Gasteiger partial charge in [-0.05, 0) is 0 Å². The lowest BCUT2D eigenvalue weighted by atomic mass is 10.1. The topological polar surface area (TPSA) is 29.1 Å². The zero-order valence-electron chi connectivity index (χ0n) is 6.03. The van der Waals surface area contributed by atoms with E-state index in [2.05, 4.69) is 7.05 Å². The van der Waals surface area contributed by atoms with Crippen molar-refractivity contribution in [1.82, 2.24) is 5.32 Å². The molecule has 1 radical (unpaired) electrons. The first-order valence-electron chi connectivity index (χ1n) is 3.00. The van der Waals surface area contributed by atoms with Crippen LogP contribution in [0.2, 0.25) is 0 Å². The van der Waals surface area contributed by atoms with Crippen molar-refractivity contribution in [2.75, 3.05) is 0 Å². The minimum Gasteiger partial charge on any atom is -0.354 e. The molecule has 0 aliphatic carbocycles. The van der Waals surface area contributed by atoms with E-state index in [0.29, 0.717) is 0 Å². The van der Waals surface area contributed by atoms with Crippen LogP contribution in [0.3, 0.4) is 0 Å². The Bertz CT molecular complexity index is 143. The summed E-state index contributed by atoms with van der Waals surface area (Å²) in [7, 11) is 2.95. The summed E-state index contributed by atoms with van der Waals surface area (Å²) in [5.74, 6) is -2.31. The van der Waals surface area contributed by atoms with Crippen LogP contribution < -0.4 is 5.32 Å². The zero-order valence-corrected chi connectivity index (χ0v) is 6.03. The molecule has 1 amide bonds. The Morgan fingerprint density at radius 2 is 2.09 bits per heavy atom. The van der Waals surface area contributed by atoms with Gasteiger partial charge < -0.3 is 5.32 Å². The maximum Gasteiger partial charge on any atom is 0.392 e. The molecule has 2 nitrogen and oxygen atoms in total. The summed E-state index contributed by atoms with van der Waals surface area (Å²) >= 11 is 0. The largest absolute Gasteiger partial charge is 0.392 e. The summed E-state index contributed by atoms with van der Waals surface area (Å²) in [6.45, 7) is 0.954. The van der Waals surface area contributed by atoms with Gasteiger partial charge in [0.1, 0.15) is 0 Å². The van der Waals surface area contributed by atoms with E-state index < -0.39 is 24.4 Å². The second kappa shape index (κ2) is 3.59. The van der Waals surface area contributed by atoms with Crippen LogP contribution in [0.1, 0.15) is 13.3 Å². The van der Waals surface area contributed by atoms with Crippen LogP contribution in [0.5, 0.6) is 0 Å². The van der Waals surface area contributed by atoms with Crippen LogP contribution in [0.25, 0.3) is 0 Å². The molecule has 1 atom stereocenters. The first-order valence-corrected chi connectivity index (χ1v) is 3.00. The predicted molar refractivity (Wildman–Crippen MR) is 33.3 cm³/mol. The van der Waals surface area contributed by atoms with Crippen molar-refractivity contribution < 1.29 is 18.0 Å². The lowest BCUT2D eigenvalue weighted by Crippen LogP contribution is -2.27. The van der Waals surface area contributed by atoms with Gasteiger partial charge in [0.25, 0.3) is 0 Å². The third kappa shape index (κ3) is 3.85. The molecular formula is C6H9F3NO. The van der Waals surface area contributed by atoms with Crippen molar-refractivity contribution in [3.8, 4) is 0 Å². The number of nitrogens with one attached hydrogen (secondary N) is 1. The van der Waals surface area contributed by atoms with E-state index in [9.17, 15) is 18.0 Å². The summed E-state index contributed by atoms with van der Waals surface area (Å²) in [6.07, 6.45) is -4.86. The van der Waals surface area contributed by atoms with Gasteiger partial charge >= 0.3 is 6.18 Å². The molecule has 0 bridgehead atoms. The molecule has 0 aliphatic heterocycles. The molecule has 0 aromatic rings. The van der Waals surface area contributed by atoms with Crippen molar-refractivity contribution in [2.24, 2.45) is 5.92 Å². The molecule has 0 saturated heterocycles. The van der Waals surface area contributed by atoms with Gasteiger partial charge in [0.2, 0.25) is 5.91 Å². The first kappa shape index (κ1) is 10.3. The van der Waals surface area contributed by atoms with Gasteiger partial charge in [0.05, 0.1) is 5.92 Å². The molecule has 0 aliphatic rings. The van der Waals surface area contributed by atoms with E-state index in [-0.39, 0.29) is 0 Å². The SMILES string of the molecule is [CH2]NC(=O)C[C@@H](C)C(F)(F)F. The highest BCUT2D eigenvalue weighted by molar-refractivity contribution is 5.76. The Labute approximate surface area is 62.8 Å². The van der Waals surface area contributed by atoms with Crippen LogP contribution in [0.15, 0.2) is 0 Å². The molecule has 0 aromatic heterocycles. The van der Waals surface area contributed by atoms with Gasteiger partial charge in [-0.3, -0.25) is 4.79 Å². The quantitative estimate of drug-likeness (QED) is 0.664. The minimum atomic E-state index is -4.30. The average Bonchev–Trinajstić information content (AvgIpc) is 1.85. The Balaban J connectivity index is 3.87. The number of carbonyl (C=O) groups excluding carboxylic acids is 1. The number of hydrogen-bond acceptors (Lipinski definition) is 1. The number of amides is 1. The fourth-order valence-electron chi connectivity index (χ4n) is 0.466. The molecule has 0 unspecified atom stereocenters. The fraction of sp³-hybridized carbons (Fsp3) is 0.667. The van der Waals surface area contributed by atoms with Gasteiger partial charge in [-0.15, -0.1) is 0 Å². The smallest absolute Gasteiger partial charge is 0.354 e. The lowest BCUT2D eigenvalue weighted by Gasteiger charge is -2.13. The first-order chi connectivity index (χ1) is 4.88. The van der Waals surface area contributed by atoms with Gasteiger partial charge in [0, 0.05) is 13.5 Å². The fourth-order valence-corrected chi connectivity index (χ4v) is 0.466.